The quantitative estimate of drug-likeness (QED) is 0.0222. The molecule has 0 aliphatic rings. The van der Waals surface area contributed by atoms with Crippen molar-refractivity contribution in [3.63, 3.8) is 0 Å². The van der Waals surface area contributed by atoms with E-state index in [-0.39, 0.29) is 25.7 Å². The van der Waals surface area contributed by atoms with Crippen molar-refractivity contribution >= 4 is 39.5 Å². The third kappa shape index (κ3) is 60.3. The summed E-state index contributed by atoms with van der Waals surface area (Å²) in [6.45, 7) is 9.52. The summed E-state index contributed by atoms with van der Waals surface area (Å²) in [6, 6.07) is 0. The Bertz CT molecular complexity index is 1720. The van der Waals surface area contributed by atoms with Crippen LogP contribution in [0, 0.1) is 11.8 Å². The normalized spacial score (nSPS) is 14.8. The number of phosphoric ester groups is 2. The molecule has 522 valence electrons. The first-order chi connectivity index (χ1) is 42.4. The molecule has 0 heterocycles. The predicted molar refractivity (Wildman–Crippen MR) is 354 cm³/mol. The second-order valence-corrected chi connectivity index (χ2v) is 28.3. The van der Waals surface area contributed by atoms with Crippen molar-refractivity contribution in [3.05, 3.63) is 0 Å². The Labute approximate surface area is 537 Å². The lowest BCUT2D eigenvalue weighted by Crippen LogP contribution is -2.30. The van der Waals surface area contributed by atoms with Crippen LogP contribution in [0.25, 0.3) is 0 Å². The lowest BCUT2D eigenvalue weighted by Gasteiger charge is -2.21. The highest BCUT2D eigenvalue weighted by atomic mass is 31.2. The van der Waals surface area contributed by atoms with E-state index >= 15 is 0 Å². The van der Waals surface area contributed by atoms with Gasteiger partial charge in [0, 0.05) is 25.7 Å². The topological polar surface area (TPSA) is 237 Å². The van der Waals surface area contributed by atoms with Crippen LogP contribution in [0.2, 0.25) is 0 Å². The lowest BCUT2D eigenvalue weighted by atomic mass is 9.99. The second kappa shape index (κ2) is 61.3. The van der Waals surface area contributed by atoms with Crippen molar-refractivity contribution in [1.29, 1.82) is 0 Å². The molecular weight excluding hydrogens is 1160 g/mol. The van der Waals surface area contributed by atoms with Gasteiger partial charge in [-0.05, 0) is 37.5 Å². The van der Waals surface area contributed by atoms with Gasteiger partial charge in [-0.3, -0.25) is 37.3 Å². The number of phosphoric acid groups is 2. The van der Waals surface area contributed by atoms with Crippen molar-refractivity contribution in [2.24, 2.45) is 11.8 Å². The zero-order valence-electron chi connectivity index (χ0n) is 57.0. The molecule has 0 radical (unpaired) electrons. The van der Waals surface area contributed by atoms with Crippen LogP contribution in [0.4, 0.5) is 0 Å². The number of ether oxygens (including phenoxy) is 4. The first-order valence-corrected chi connectivity index (χ1v) is 39.1. The Hall–Kier alpha value is -1.94. The fourth-order valence-corrected chi connectivity index (χ4v) is 11.9. The third-order valence-electron chi connectivity index (χ3n) is 16.7. The summed E-state index contributed by atoms with van der Waals surface area (Å²) in [5.41, 5.74) is 0. The molecule has 4 unspecified atom stereocenters. The molecule has 0 bridgehead atoms. The number of aliphatic hydroxyl groups is 1. The number of hydrogen-bond donors (Lipinski definition) is 3. The van der Waals surface area contributed by atoms with Gasteiger partial charge in [-0.1, -0.05) is 298 Å². The van der Waals surface area contributed by atoms with Gasteiger partial charge in [0.05, 0.1) is 26.4 Å². The minimum Gasteiger partial charge on any atom is -0.462 e. The molecule has 0 aromatic heterocycles. The van der Waals surface area contributed by atoms with Gasteiger partial charge in [-0.2, -0.15) is 0 Å². The number of carbonyl (C=O) groups is 4. The molecule has 0 rings (SSSR count). The summed E-state index contributed by atoms with van der Waals surface area (Å²) in [5, 5.41) is 10.6. The van der Waals surface area contributed by atoms with Crippen LogP contribution < -0.4 is 0 Å². The van der Waals surface area contributed by atoms with Crippen LogP contribution in [0.15, 0.2) is 0 Å². The molecule has 0 fully saturated rings. The minimum atomic E-state index is -4.95. The second-order valence-electron chi connectivity index (χ2n) is 25.4. The van der Waals surface area contributed by atoms with E-state index in [2.05, 4.69) is 41.5 Å². The van der Waals surface area contributed by atoms with E-state index in [1.54, 1.807) is 0 Å². The maximum absolute atomic E-state index is 13.0. The molecule has 19 heteroatoms. The average Bonchev–Trinajstić information content (AvgIpc) is 3.65. The molecule has 0 aliphatic heterocycles. The van der Waals surface area contributed by atoms with Gasteiger partial charge < -0.3 is 33.8 Å². The fraction of sp³-hybridized carbons (Fsp3) is 0.942. The molecular formula is C69H134O17P2. The standard InChI is InChI=1S/C69H134O17P2/c1-7-11-13-15-17-19-20-26-29-33-40-46-52-67(72)80-57-64(85-68(73)53-47-41-34-30-27-24-22-21-23-25-28-31-37-43-49-61(5)9-3)59-83-87(75,76)81-55-63(70)56-82-88(77,78)84-60-65(58-79-66(71)51-45-39-32-18-16-14-12-8-2)86-69(74)54-48-42-36-35-38-44-50-62(6)10-4/h61-65,70H,7-60H2,1-6H3,(H,75,76)(H,77,78)/t61?,62?,63-,64-,65-/m1/s1. The Morgan fingerprint density at radius 1 is 0.318 bits per heavy atom. The number of rotatable bonds is 68. The van der Waals surface area contributed by atoms with Gasteiger partial charge >= 0.3 is 39.5 Å². The maximum Gasteiger partial charge on any atom is 0.472 e. The number of aliphatic hydroxyl groups excluding tert-OH is 1. The van der Waals surface area contributed by atoms with Crippen LogP contribution in [-0.2, 0) is 65.4 Å². The van der Waals surface area contributed by atoms with E-state index in [1.165, 1.54) is 161 Å². The summed E-state index contributed by atoms with van der Waals surface area (Å²) >= 11 is 0. The van der Waals surface area contributed by atoms with Gasteiger partial charge in [0.1, 0.15) is 19.3 Å². The number of carbonyl (C=O) groups excluding carboxylic acids is 4. The minimum absolute atomic E-state index is 0.103. The van der Waals surface area contributed by atoms with Crippen LogP contribution in [-0.4, -0.2) is 96.7 Å². The van der Waals surface area contributed by atoms with Crippen molar-refractivity contribution < 1.29 is 80.2 Å². The van der Waals surface area contributed by atoms with Gasteiger partial charge in [0.2, 0.25) is 0 Å². The van der Waals surface area contributed by atoms with E-state index in [9.17, 15) is 43.2 Å². The van der Waals surface area contributed by atoms with Gasteiger partial charge in [-0.25, -0.2) is 9.13 Å². The smallest absolute Gasteiger partial charge is 0.462 e. The Morgan fingerprint density at radius 2 is 0.545 bits per heavy atom. The lowest BCUT2D eigenvalue weighted by molar-refractivity contribution is -0.161. The molecule has 0 saturated heterocycles. The molecule has 0 aliphatic carbocycles. The van der Waals surface area contributed by atoms with E-state index in [4.69, 9.17) is 37.0 Å². The molecule has 0 aromatic carbocycles. The van der Waals surface area contributed by atoms with Gasteiger partial charge in [-0.15, -0.1) is 0 Å². The molecule has 0 spiro atoms. The van der Waals surface area contributed by atoms with Crippen LogP contribution >= 0.6 is 15.6 Å². The first-order valence-electron chi connectivity index (χ1n) is 36.1. The van der Waals surface area contributed by atoms with Crippen molar-refractivity contribution in [2.45, 2.75) is 368 Å². The molecule has 3 N–H and O–H groups in total. The van der Waals surface area contributed by atoms with Crippen LogP contribution in [0.1, 0.15) is 350 Å². The number of unbranched alkanes of at least 4 members (excludes halogenated alkanes) is 36. The SMILES string of the molecule is CCCCCCCCCCCCCCC(=O)OC[C@H](COP(=O)(O)OC[C@@H](O)COP(=O)(O)OC[C@@H](COC(=O)CCCCCCCCCC)OC(=O)CCCCCCCCC(C)CC)OC(=O)CCCCCCCCCCCCCCCCC(C)CC. The van der Waals surface area contributed by atoms with Crippen molar-refractivity contribution in [2.75, 3.05) is 39.6 Å². The zero-order chi connectivity index (χ0) is 65.0. The monoisotopic (exact) mass is 1300 g/mol. The Balaban J connectivity index is 5.21. The predicted octanol–water partition coefficient (Wildman–Crippen LogP) is 19.6. The van der Waals surface area contributed by atoms with E-state index in [0.717, 1.165) is 108 Å². The fourth-order valence-electron chi connectivity index (χ4n) is 10.4. The number of hydrogen-bond acceptors (Lipinski definition) is 15. The van der Waals surface area contributed by atoms with Gasteiger partial charge in [0.15, 0.2) is 12.2 Å². The zero-order valence-corrected chi connectivity index (χ0v) is 58.8. The van der Waals surface area contributed by atoms with E-state index < -0.39 is 97.5 Å². The first kappa shape index (κ1) is 86.1. The van der Waals surface area contributed by atoms with Crippen LogP contribution in [0.3, 0.4) is 0 Å². The van der Waals surface area contributed by atoms with Crippen molar-refractivity contribution in [1.82, 2.24) is 0 Å². The van der Waals surface area contributed by atoms with Gasteiger partial charge in [0.25, 0.3) is 0 Å². The third-order valence-corrected chi connectivity index (χ3v) is 18.6. The summed E-state index contributed by atoms with van der Waals surface area (Å²) in [4.78, 5) is 72.4. The Kier molecular flexibility index (Phi) is 59.9. The molecule has 17 nitrogen and oxygen atoms in total. The highest BCUT2D eigenvalue weighted by Gasteiger charge is 2.30. The molecule has 88 heavy (non-hydrogen) atoms. The summed E-state index contributed by atoms with van der Waals surface area (Å²) in [5.74, 6) is -0.564. The summed E-state index contributed by atoms with van der Waals surface area (Å²) in [6.07, 6.45) is 45.8. The average molecular weight is 1300 g/mol. The van der Waals surface area contributed by atoms with E-state index in [1.807, 2.05) is 0 Å². The number of esters is 4. The maximum atomic E-state index is 13.0. The van der Waals surface area contributed by atoms with E-state index in [0.29, 0.717) is 25.7 Å². The molecule has 0 amide bonds. The largest absolute Gasteiger partial charge is 0.472 e. The molecule has 0 saturated carbocycles. The summed E-state index contributed by atoms with van der Waals surface area (Å²) < 4.78 is 68.1. The van der Waals surface area contributed by atoms with Crippen molar-refractivity contribution in [3.8, 4) is 0 Å². The highest BCUT2D eigenvalue weighted by Crippen LogP contribution is 2.45. The highest BCUT2D eigenvalue weighted by molar-refractivity contribution is 7.47. The molecule has 0 aromatic rings. The molecule has 7 atom stereocenters. The van der Waals surface area contributed by atoms with Crippen LogP contribution in [0.5, 0.6) is 0 Å². The Morgan fingerprint density at radius 3 is 0.807 bits per heavy atom. The summed E-state index contributed by atoms with van der Waals surface area (Å²) in [7, 11) is -9.89.